The molecule has 192 valence electrons. The van der Waals surface area contributed by atoms with Crippen LogP contribution in [0.15, 0.2) is 48.3 Å². The zero-order valence-corrected chi connectivity index (χ0v) is 26.6. The summed E-state index contributed by atoms with van der Waals surface area (Å²) in [6.07, 6.45) is 10.6. The van der Waals surface area contributed by atoms with Crippen LogP contribution in [0.5, 0.6) is 11.5 Å². The molecule has 7 nitrogen and oxygen atoms in total. The van der Waals surface area contributed by atoms with Crippen LogP contribution in [0.25, 0.3) is 5.57 Å². The molecule has 1 aromatic carbocycles. The zero-order valence-electron chi connectivity index (χ0n) is 22.5. The molecule has 0 aromatic heterocycles. The number of hydrogen-bond acceptors (Lipinski definition) is 6. The first-order valence-corrected chi connectivity index (χ1v) is 11.8. The molecular formula is C28H37N3O4U. The van der Waals surface area contributed by atoms with Gasteiger partial charge >= 0.3 is 37.2 Å². The van der Waals surface area contributed by atoms with Crippen LogP contribution in [0, 0.1) is 43.3 Å². The summed E-state index contributed by atoms with van der Waals surface area (Å²) in [7, 11) is 5.22. The van der Waals surface area contributed by atoms with Crippen LogP contribution in [-0.4, -0.2) is 79.9 Å². The van der Waals surface area contributed by atoms with Gasteiger partial charge in [-0.1, -0.05) is 24.4 Å². The third-order valence-electron chi connectivity index (χ3n) is 5.98. The first-order chi connectivity index (χ1) is 16.5. The monoisotopic (exact) mass is 717 g/mol. The molecule has 0 bridgehead atoms. The van der Waals surface area contributed by atoms with Gasteiger partial charge in [0.2, 0.25) is 0 Å². The van der Waals surface area contributed by atoms with Crippen molar-refractivity contribution < 1.29 is 50.1 Å². The number of likely N-dealkylation sites (N-methyl/N-ethyl adjacent to an activating group) is 1. The maximum Gasteiger partial charge on any atom is 2.00 e. The van der Waals surface area contributed by atoms with E-state index in [9.17, 15) is 4.79 Å². The number of piperazine rings is 1. The molecule has 2 aliphatic rings. The summed E-state index contributed by atoms with van der Waals surface area (Å²) in [5, 5.41) is 0. The minimum Gasteiger partial charge on any atom is -0.494 e. The molecule has 36 heavy (non-hydrogen) atoms. The van der Waals surface area contributed by atoms with Gasteiger partial charge in [0.1, 0.15) is 5.60 Å². The number of amides is 1. The molecule has 1 aromatic rings. The number of nitrogens with zero attached hydrogens (tertiary/aromatic N) is 3. The second kappa shape index (κ2) is 12.9. The maximum atomic E-state index is 12.4. The van der Waals surface area contributed by atoms with Crippen molar-refractivity contribution in [3.05, 3.63) is 66.0 Å². The van der Waals surface area contributed by atoms with Crippen molar-refractivity contribution in [2.24, 2.45) is 0 Å². The summed E-state index contributed by atoms with van der Waals surface area (Å²) in [6, 6.07) is 6.02. The summed E-state index contributed by atoms with van der Waals surface area (Å²) in [6.45, 7) is 14.7. The van der Waals surface area contributed by atoms with E-state index < -0.39 is 5.60 Å². The van der Waals surface area contributed by atoms with E-state index in [4.69, 9.17) is 14.2 Å². The predicted molar refractivity (Wildman–Crippen MR) is 138 cm³/mol. The second-order valence-corrected chi connectivity index (χ2v) is 9.80. The predicted octanol–water partition coefficient (Wildman–Crippen LogP) is 4.53. The Morgan fingerprint density at radius 1 is 1.22 bits per heavy atom. The van der Waals surface area contributed by atoms with Gasteiger partial charge in [-0.15, -0.1) is 17.8 Å². The Hall–Kier alpha value is -2.14. The molecular weight excluding hydrogens is 680 g/mol. The van der Waals surface area contributed by atoms with Gasteiger partial charge in [0.25, 0.3) is 0 Å². The zero-order chi connectivity index (χ0) is 25.8. The minimum absolute atomic E-state index is 0. The number of methoxy groups -OCH3 is 2. The normalized spacial score (nSPS) is 19.0. The van der Waals surface area contributed by atoms with Crippen molar-refractivity contribution in [2.75, 3.05) is 47.4 Å². The van der Waals surface area contributed by atoms with Gasteiger partial charge in [0.05, 0.1) is 14.2 Å². The summed E-state index contributed by atoms with van der Waals surface area (Å²) in [5.41, 5.74) is 3.13. The van der Waals surface area contributed by atoms with Crippen LogP contribution in [0.1, 0.15) is 33.3 Å². The van der Waals surface area contributed by atoms with Crippen LogP contribution in [0.2, 0.25) is 0 Å². The average Bonchev–Trinajstić information content (AvgIpc) is 2.80. The summed E-state index contributed by atoms with van der Waals surface area (Å²) < 4.78 is 16.3. The summed E-state index contributed by atoms with van der Waals surface area (Å²) >= 11 is 0. The summed E-state index contributed by atoms with van der Waals surface area (Å²) in [4.78, 5) is 18.5. The standard InChI is InChI=1S/C28H37N3O4.U/c1-20-18-31(27(32)35-28(3,4)5)15-14-30(20)13-9-10-22-16-24(19-29(6)21(22)2)23-11-12-25(33-7)26(17-23)34-8;/h10-12,17,19-20H,2,13-15,18H2,1,3-8H3;/q-2;+2/t20-;/m1./s1. The van der Waals surface area contributed by atoms with Gasteiger partial charge < -0.3 is 35.0 Å². The molecule has 0 spiro atoms. The SMILES string of the molecule is C=C1C(C=[C-]CN2CCN(C(=O)OC(C)(C)C)C[C@H]2C)=[C-]C(c2ccc(OC)c(OC)c2)=CN1C.[U+2]. The molecule has 2 heterocycles. The molecule has 0 unspecified atom stereocenters. The van der Waals surface area contributed by atoms with Gasteiger partial charge in [0.15, 0.2) is 11.5 Å². The summed E-state index contributed by atoms with van der Waals surface area (Å²) in [5.74, 6) is 1.35. The van der Waals surface area contributed by atoms with Crippen molar-refractivity contribution in [3.63, 3.8) is 0 Å². The molecule has 0 radical (unpaired) electrons. The fourth-order valence-electron chi connectivity index (χ4n) is 3.97. The Balaban J connectivity index is 0.00000456. The molecule has 1 atom stereocenters. The fraction of sp³-hybridized carbons (Fsp3) is 0.464. The van der Waals surface area contributed by atoms with E-state index in [1.54, 1.807) is 19.1 Å². The first kappa shape index (κ1) is 30.1. The third kappa shape index (κ3) is 7.68. The van der Waals surface area contributed by atoms with E-state index in [1.807, 2.05) is 63.2 Å². The number of benzene rings is 1. The number of allylic oxidation sites excluding steroid dienone is 3. The largest absolute Gasteiger partial charge is 2.00 e. The van der Waals surface area contributed by atoms with E-state index in [0.717, 1.165) is 29.0 Å². The average molecular weight is 718 g/mol. The van der Waals surface area contributed by atoms with E-state index in [1.165, 1.54) is 0 Å². The van der Waals surface area contributed by atoms with Crippen molar-refractivity contribution in [3.8, 4) is 11.5 Å². The van der Waals surface area contributed by atoms with Gasteiger partial charge in [-0.25, -0.2) is 10.9 Å². The molecule has 0 N–H and O–H groups in total. The Morgan fingerprint density at radius 2 is 1.92 bits per heavy atom. The Morgan fingerprint density at radius 3 is 2.53 bits per heavy atom. The second-order valence-electron chi connectivity index (χ2n) is 9.80. The Bertz CT molecular complexity index is 1040. The Labute approximate surface area is 239 Å². The first-order valence-electron chi connectivity index (χ1n) is 11.8. The molecule has 0 saturated carbocycles. The quantitative estimate of drug-likeness (QED) is 0.404. The van der Waals surface area contributed by atoms with E-state index in [-0.39, 0.29) is 43.2 Å². The van der Waals surface area contributed by atoms with Crippen molar-refractivity contribution in [2.45, 2.75) is 39.3 Å². The molecule has 1 amide bonds. The molecule has 1 saturated heterocycles. The number of hydrogen-bond donors (Lipinski definition) is 0. The number of carbonyl (C=O) groups excluding carboxylic acids is 1. The molecule has 1 fully saturated rings. The molecule has 0 aliphatic carbocycles. The number of ether oxygens (including phenoxy) is 3. The topological polar surface area (TPSA) is 54.5 Å². The minimum atomic E-state index is -0.488. The van der Waals surface area contributed by atoms with Crippen molar-refractivity contribution in [1.82, 2.24) is 14.7 Å². The van der Waals surface area contributed by atoms with Gasteiger partial charge in [0, 0.05) is 25.7 Å². The van der Waals surface area contributed by atoms with E-state index in [0.29, 0.717) is 31.1 Å². The molecule has 8 heteroatoms. The number of rotatable bonds is 6. The third-order valence-corrected chi connectivity index (χ3v) is 5.98. The molecule has 3 rings (SSSR count). The van der Waals surface area contributed by atoms with Crippen molar-refractivity contribution >= 4 is 11.7 Å². The fourth-order valence-corrected chi connectivity index (χ4v) is 3.97. The van der Waals surface area contributed by atoms with Gasteiger partial charge in [-0.2, -0.15) is 0 Å². The van der Waals surface area contributed by atoms with E-state index in [2.05, 4.69) is 30.6 Å². The van der Waals surface area contributed by atoms with Gasteiger partial charge in [-0.3, -0.25) is 11.6 Å². The van der Waals surface area contributed by atoms with Gasteiger partial charge in [-0.05, 0) is 46.9 Å². The molecule has 2 aliphatic heterocycles. The van der Waals surface area contributed by atoms with Crippen LogP contribution >= 0.6 is 0 Å². The van der Waals surface area contributed by atoms with E-state index >= 15 is 0 Å². The van der Waals surface area contributed by atoms with Crippen LogP contribution in [0.4, 0.5) is 4.79 Å². The number of carbonyl (C=O) groups is 1. The van der Waals surface area contributed by atoms with Crippen LogP contribution in [0.3, 0.4) is 0 Å². The Kier molecular flexibility index (Phi) is 10.8. The van der Waals surface area contributed by atoms with Crippen LogP contribution in [-0.2, 0) is 4.74 Å². The van der Waals surface area contributed by atoms with Crippen molar-refractivity contribution in [1.29, 1.82) is 0 Å². The van der Waals surface area contributed by atoms with Crippen LogP contribution < -0.4 is 9.47 Å². The smallest absolute Gasteiger partial charge is 0.494 e. The maximum absolute atomic E-state index is 12.4.